The van der Waals surface area contributed by atoms with Gasteiger partial charge in [-0.3, -0.25) is 0 Å². The van der Waals surface area contributed by atoms with Crippen molar-refractivity contribution in [2.24, 2.45) is 0 Å². The monoisotopic (exact) mass is 468 g/mol. The van der Waals surface area contributed by atoms with E-state index in [1.165, 1.54) is 0 Å². The average Bonchev–Trinajstić information content (AvgIpc) is 3.26. The second-order valence-electron chi connectivity index (χ2n) is 5.49. The van der Waals surface area contributed by atoms with Crippen LogP contribution in [0.1, 0.15) is 11.6 Å². The van der Waals surface area contributed by atoms with Gasteiger partial charge in [0, 0.05) is 26.8 Å². The highest BCUT2D eigenvalue weighted by atomic mass is 79.9. The van der Waals surface area contributed by atoms with Gasteiger partial charge in [-0.25, -0.2) is 9.97 Å². The Morgan fingerprint density at radius 1 is 1.12 bits per heavy atom. The first kappa shape index (κ1) is 16.8. The highest BCUT2D eigenvalue weighted by Crippen LogP contribution is 2.26. The quantitative estimate of drug-likeness (QED) is 0.384. The molecule has 0 bridgehead atoms. The summed E-state index contributed by atoms with van der Waals surface area (Å²) in [5.74, 6) is 1.76. The lowest BCUT2D eigenvalue weighted by Crippen LogP contribution is -1.84. The number of nitriles is 1. The summed E-state index contributed by atoms with van der Waals surface area (Å²) >= 11 is 6.79. The molecule has 0 aliphatic carbocycles. The number of nitrogens with zero attached hydrogens (tertiary/aromatic N) is 3. The number of allylic oxidation sites excluding steroid dienone is 1. The zero-order valence-electron chi connectivity index (χ0n) is 13.2. The molecule has 0 spiro atoms. The van der Waals surface area contributed by atoms with Crippen LogP contribution in [-0.4, -0.2) is 15.0 Å². The number of fused-ring (bicyclic) bond motifs is 1. The summed E-state index contributed by atoms with van der Waals surface area (Å²) < 4.78 is 7.69. The van der Waals surface area contributed by atoms with Gasteiger partial charge in [0.05, 0.1) is 11.1 Å². The molecule has 0 saturated heterocycles. The molecule has 5 nitrogen and oxygen atoms in total. The van der Waals surface area contributed by atoms with Gasteiger partial charge in [-0.2, -0.15) is 5.26 Å². The van der Waals surface area contributed by atoms with Gasteiger partial charge in [-0.05, 0) is 46.3 Å². The van der Waals surface area contributed by atoms with Crippen LogP contribution in [0.2, 0.25) is 0 Å². The fourth-order valence-electron chi connectivity index (χ4n) is 2.50. The van der Waals surface area contributed by atoms with Gasteiger partial charge in [-0.15, -0.1) is 0 Å². The third-order valence-electron chi connectivity index (χ3n) is 3.72. The fraction of sp³-hybridized carbons (Fsp3) is 0. The number of rotatable bonds is 3. The molecule has 1 aromatic carbocycles. The SMILES string of the molecule is N#C/C(=C\c1ccc(-c2ccc(Br)cc2)o1)c1nc2ncc(Br)cc2[nH]1. The molecule has 7 heteroatoms. The van der Waals surface area contributed by atoms with Crippen molar-refractivity contribution in [3.63, 3.8) is 0 Å². The minimum Gasteiger partial charge on any atom is -0.457 e. The third kappa shape index (κ3) is 3.34. The maximum absolute atomic E-state index is 9.52. The van der Waals surface area contributed by atoms with Crippen molar-refractivity contribution < 1.29 is 4.42 Å². The number of hydrogen-bond acceptors (Lipinski definition) is 4. The molecule has 3 aromatic heterocycles. The van der Waals surface area contributed by atoms with Crippen molar-refractivity contribution in [1.82, 2.24) is 15.0 Å². The van der Waals surface area contributed by atoms with Crippen molar-refractivity contribution in [2.75, 3.05) is 0 Å². The number of aromatic amines is 1. The summed E-state index contributed by atoms with van der Waals surface area (Å²) in [6.45, 7) is 0. The Bertz CT molecular complexity index is 1170. The van der Waals surface area contributed by atoms with E-state index in [0.29, 0.717) is 22.8 Å². The number of hydrogen-bond donors (Lipinski definition) is 1. The van der Waals surface area contributed by atoms with E-state index < -0.39 is 0 Å². The van der Waals surface area contributed by atoms with Crippen LogP contribution in [0.5, 0.6) is 0 Å². The Morgan fingerprint density at radius 3 is 2.69 bits per heavy atom. The van der Waals surface area contributed by atoms with Crippen molar-refractivity contribution in [3.8, 4) is 17.4 Å². The molecule has 0 aliphatic rings. The standard InChI is InChI=1S/C19H10Br2N4O/c20-13-3-1-11(2-4-13)17-6-5-15(26-17)7-12(9-22)18-24-16-8-14(21)10-23-19(16)25-18/h1-8,10H,(H,23,24,25)/b12-7+. The number of nitrogens with one attached hydrogen (secondary N) is 1. The first-order valence-electron chi connectivity index (χ1n) is 7.61. The van der Waals surface area contributed by atoms with E-state index in [1.807, 2.05) is 42.5 Å². The van der Waals surface area contributed by atoms with Gasteiger partial charge in [0.2, 0.25) is 0 Å². The van der Waals surface area contributed by atoms with Crippen LogP contribution in [0.3, 0.4) is 0 Å². The lowest BCUT2D eigenvalue weighted by molar-refractivity contribution is 0.572. The summed E-state index contributed by atoms with van der Waals surface area (Å²) in [6, 6.07) is 15.6. The lowest BCUT2D eigenvalue weighted by atomic mass is 10.2. The molecule has 0 unspecified atom stereocenters. The van der Waals surface area contributed by atoms with Crippen molar-refractivity contribution in [2.45, 2.75) is 0 Å². The lowest BCUT2D eigenvalue weighted by Gasteiger charge is -1.97. The van der Waals surface area contributed by atoms with E-state index in [9.17, 15) is 5.26 Å². The molecule has 4 rings (SSSR count). The molecule has 0 aliphatic heterocycles. The Hall–Kier alpha value is -2.69. The van der Waals surface area contributed by atoms with Gasteiger partial charge >= 0.3 is 0 Å². The number of halogens is 2. The van der Waals surface area contributed by atoms with Crippen LogP contribution < -0.4 is 0 Å². The summed E-state index contributed by atoms with van der Waals surface area (Å²) in [6.07, 6.45) is 3.33. The molecule has 126 valence electrons. The van der Waals surface area contributed by atoms with E-state index in [-0.39, 0.29) is 0 Å². The van der Waals surface area contributed by atoms with Crippen LogP contribution in [0, 0.1) is 11.3 Å². The minimum atomic E-state index is 0.371. The number of benzene rings is 1. The first-order valence-corrected chi connectivity index (χ1v) is 9.20. The number of imidazole rings is 1. The zero-order chi connectivity index (χ0) is 18.1. The number of furan rings is 1. The topological polar surface area (TPSA) is 78.5 Å². The van der Waals surface area contributed by atoms with Crippen molar-refractivity contribution in [1.29, 1.82) is 5.26 Å². The molecule has 1 N–H and O–H groups in total. The smallest absolute Gasteiger partial charge is 0.178 e. The molecule has 4 aromatic rings. The average molecular weight is 470 g/mol. The molecule has 0 radical (unpaired) electrons. The Morgan fingerprint density at radius 2 is 1.92 bits per heavy atom. The van der Waals surface area contributed by atoms with Crippen LogP contribution in [0.4, 0.5) is 0 Å². The van der Waals surface area contributed by atoms with Crippen LogP contribution in [-0.2, 0) is 0 Å². The molecule has 0 saturated carbocycles. The summed E-state index contributed by atoms with van der Waals surface area (Å²) in [4.78, 5) is 11.7. The number of H-pyrrole nitrogens is 1. The number of aromatic nitrogens is 3. The molecular weight excluding hydrogens is 460 g/mol. The Labute approximate surface area is 165 Å². The second kappa shape index (κ2) is 6.90. The highest BCUT2D eigenvalue weighted by Gasteiger charge is 2.11. The molecule has 0 amide bonds. The van der Waals surface area contributed by atoms with E-state index in [4.69, 9.17) is 4.42 Å². The van der Waals surface area contributed by atoms with E-state index >= 15 is 0 Å². The molecule has 0 atom stereocenters. The summed E-state index contributed by atoms with van der Waals surface area (Å²) in [5, 5.41) is 9.52. The van der Waals surface area contributed by atoms with E-state index in [2.05, 4.69) is 52.9 Å². The van der Waals surface area contributed by atoms with Gasteiger partial charge in [0.15, 0.2) is 11.5 Å². The third-order valence-corrected chi connectivity index (χ3v) is 4.68. The highest BCUT2D eigenvalue weighted by molar-refractivity contribution is 9.10. The minimum absolute atomic E-state index is 0.371. The summed E-state index contributed by atoms with van der Waals surface area (Å²) in [7, 11) is 0. The van der Waals surface area contributed by atoms with Crippen molar-refractivity contribution in [3.05, 3.63) is 69.2 Å². The molecule has 26 heavy (non-hydrogen) atoms. The van der Waals surface area contributed by atoms with Crippen LogP contribution in [0.25, 0.3) is 34.1 Å². The molecular formula is C19H10Br2N4O. The van der Waals surface area contributed by atoms with Gasteiger partial charge < -0.3 is 9.40 Å². The maximum atomic E-state index is 9.52. The Kier molecular flexibility index (Phi) is 4.45. The van der Waals surface area contributed by atoms with Crippen LogP contribution >= 0.6 is 31.9 Å². The largest absolute Gasteiger partial charge is 0.457 e. The van der Waals surface area contributed by atoms with Crippen LogP contribution in [0.15, 0.2) is 62.0 Å². The first-order chi connectivity index (χ1) is 12.6. The molecule has 3 heterocycles. The second-order valence-corrected chi connectivity index (χ2v) is 7.32. The zero-order valence-corrected chi connectivity index (χ0v) is 16.4. The predicted octanol–water partition coefficient (Wildman–Crippen LogP) is 5.81. The fourth-order valence-corrected chi connectivity index (χ4v) is 3.09. The van der Waals surface area contributed by atoms with E-state index in [1.54, 1.807) is 12.3 Å². The van der Waals surface area contributed by atoms with Gasteiger partial charge in [0.1, 0.15) is 17.6 Å². The van der Waals surface area contributed by atoms with Crippen molar-refractivity contribution >= 4 is 54.7 Å². The van der Waals surface area contributed by atoms with Gasteiger partial charge in [0.25, 0.3) is 0 Å². The normalized spacial score (nSPS) is 11.7. The maximum Gasteiger partial charge on any atom is 0.178 e. The van der Waals surface area contributed by atoms with Gasteiger partial charge in [-0.1, -0.05) is 28.1 Å². The number of pyridine rings is 1. The summed E-state index contributed by atoms with van der Waals surface area (Å²) in [5.41, 5.74) is 2.64. The Balaban J connectivity index is 1.69. The van der Waals surface area contributed by atoms with E-state index in [0.717, 1.165) is 25.8 Å². The predicted molar refractivity (Wildman–Crippen MR) is 107 cm³/mol. The molecule has 0 fully saturated rings.